The van der Waals surface area contributed by atoms with E-state index < -0.39 is 0 Å². The molecule has 0 aromatic heterocycles. The Bertz CT molecular complexity index is 595. The number of aliphatic imine (C=N–C) groups is 1. The van der Waals surface area contributed by atoms with Crippen molar-refractivity contribution in [2.24, 2.45) is 10.7 Å². The van der Waals surface area contributed by atoms with E-state index >= 15 is 0 Å². The smallest absolute Gasteiger partial charge is 0.282 e. The van der Waals surface area contributed by atoms with E-state index in [1.54, 1.807) is 0 Å². The van der Waals surface area contributed by atoms with E-state index in [-0.39, 0.29) is 0 Å². The number of hydrogen-bond acceptors (Lipinski definition) is 5. The molecule has 0 radical (unpaired) electrons. The normalized spacial score (nSPS) is 12.5. The van der Waals surface area contributed by atoms with E-state index in [0.717, 1.165) is 18.0 Å². The molecule has 2 aromatic rings. The van der Waals surface area contributed by atoms with Gasteiger partial charge in [0, 0.05) is 19.8 Å². The highest BCUT2D eigenvalue weighted by atomic mass is 16.5. The summed E-state index contributed by atoms with van der Waals surface area (Å²) in [6, 6.07) is 18.1. The van der Waals surface area contributed by atoms with Crippen LogP contribution in [-0.4, -0.2) is 33.3 Å². The van der Waals surface area contributed by atoms with Crippen molar-refractivity contribution < 1.29 is 9.47 Å². The molecule has 5 heteroatoms. The summed E-state index contributed by atoms with van der Waals surface area (Å²) in [7, 11) is 4.04. The van der Waals surface area contributed by atoms with Gasteiger partial charge in [0.25, 0.3) is 6.02 Å². The van der Waals surface area contributed by atoms with Gasteiger partial charge < -0.3 is 20.1 Å². The first-order valence-corrected chi connectivity index (χ1v) is 7.08. The molecule has 0 fully saturated rings. The molecule has 22 heavy (non-hydrogen) atoms. The predicted molar refractivity (Wildman–Crippen MR) is 89.7 cm³/mol. The quantitative estimate of drug-likeness (QED) is 0.946. The molecule has 0 spiro atoms. The largest absolute Gasteiger partial charge is 0.463 e. The summed E-state index contributed by atoms with van der Waals surface area (Å²) in [6.07, 6.45) is 0. The zero-order valence-electron chi connectivity index (χ0n) is 12.9. The molecule has 1 aliphatic rings. The second-order valence-electron chi connectivity index (χ2n) is 4.87. The number of nitrogens with two attached hydrogens (primary N) is 1. The highest BCUT2D eigenvalue weighted by Crippen LogP contribution is 2.23. The molecule has 116 valence electrons. The van der Waals surface area contributed by atoms with Crippen LogP contribution in [0, 0.1) is 0 Å². The summed E-state index contributed by atoms with van der Waals surface area (Å²) in [5, 5.41) is 0. The molecule has 1 heterocycles. The molecule has 0 bridgehead atoms. The van der Waals surface area contributed by atoms with E-state index in [0.29, 0.717) is 12.6 Å². The number of amidine groups is 1. The number of benzene rings is 2. The average Bonchev–Trinajstić information content (AvgIpc) is 3.00. The number of anilines is 1. The van der Waals surface area contributed by atoms with Crippen molar-refractivity contribution in [3.63, 3.8) is 0 Å². The topological polar surface area (TPSA) is 60.1 Å². The first kappa shape index (κ1) is 15.7. The minimum absolute atomic E-state index is 0.329. The van der Waals surface area contributed by atoms with Gasteiger partial charge in [-0.2, -0.15) is 0 Å². The lowest BCUT2D eigenvalue weighted by Gasteiger charge is -2.12. The van der Waals surface area contributed by atoms with E-state index in [2.05, 4.69) is 14.6 Å². The Morgan fingerprint density at radius 3 is 2.09 bits per heavy atom. The van der Waals surface area contributed by atoms with Gasteiger partial charge in [0.1, 0.15) is 18.1 Å². The maximum absolute atomic E-state index is 5.69. The van der Waals surface area contributed by atoms with Crippen molar-refractivity contribution >= 4 is 11.7 Å². The van der Waals surface area contributed by atoms with Crippen LogP contribution >= 0.6 is 0 Å². The van der Waals surface area contributed by atoms with Gasteiger partial charge in [-0.1, -0.05) is 18.2 Å². The third kappa shape index (κ3) is 5.01. The summed E-state index contributed by atoms with van der Waals surface area (Å²) >= 11 is 0. The van der Waals surface area contributed by atoms with Crippen molar-refractivity contribution in [3.8, 4) is 11.5 Å². The van der Waals surface area contributed by atoms with Gasteiger partial charge in [-0.05, 0) is 36.4 Å². The number of hydrogen-bond donors (Lipinski definition) is 1. The zero-order valence-corrected chi connectivity index (χ0v) is 12.9. The average molecular weight is 299 g/mol. The Morgan fingerprint density at radius 1 is 1.00 bits per heavy atom. The first-order valence-electron chi connectivity index (χ1n) is 7.08. The standard InChI is InChI=1S/C14H15NO.C3H6N2O/c1-15(2)12-8-10-14(11-9-12)16-13-6-4-3-5-7-13;4-3-5-1-2-6-3/h3-11H,1-2H3;1-2H2,(H2,4,5). The lowest BCUT2D eigenvalue weighted by atomic mass is 10.3. The first-order chi connectivity index (χ1) is 10.6. The van der Waals surface area contributed by atoms with Crippen LogP contribution in [0.15, 0.2) is 59.6 Å². The van der Waals surface area contributed by atoms with Crippen LogP contribution in [0.25, 0.3) is 0 Å². The number of nitrogens with zero attached hydrogens (tertiary/aromatic N) is 2. The molecule has 5 nitrogen and oxygen atoms in total. The molecule has 0 amide bonds. The highest BCUT2D eigenvalue weighted by Gasteiger charge is 1.98. The Hall–Kier alpha value is -2.69. The summed E-state index contributed by atoms with van der Waals surface area (Å²) in [6.45, 7) is 1.39. The fraction of sp³-hybridized carbons (Fsp3) is 0.235. The van der Waals surface area contributed by atoms with E-state index in [4.69, 9.17) is 10.5 Å². The molecule has 0 atom stereocenters. The van der Waals surface area contributed by atoms with Gasteiger partial charge in [0.05, 0.1) is 6.54 Å². The van der Waals surface area contributed by atoms with Crippen molar-refractivity contribution in [2.45, 2.75) is 0 Å². The van der Waals surface area contributed by atoms with Gasteiger partial charge in [-0.3, -0.25) is 0 Å². The van der Waals surface area contributed by atoms with Gasteiger partial charge in [0.15, 0.2) is 0 Å². The van der Waals surface area contributed by atoms with E-state index in [1.807, 2.05) is 68.7 Å². The number of ether oxygens (including phenoxy) is 2. The Kier molecular flexibility index (Phi) is 5.65. The van der Waals surface area contributed by atoms with Crippen LogP contribution < -0.4 is 15.4 Å². The van der Waals surface area contributed by atoms with Gasteiger partial charge in [-0.25, -0.2) is 4.99 Å². The minimum Gasteiger partial charge on any atom is -0.463 e. The number of para-hydroxylation sites is 1. The number of rotatable bonds is 3. The fourth-order valence-electron chi connectivity index (χ4n) is 1.79. The molecule has 2 aromatic carbocycles. The zero-order chi connectivity index (χ0) is 15.8. The second kappa shape index (κ2) is 7.93. The maximum atomic E-state index is 5.69. The lowest BCUT2D eigenvalue weighted by Crippen LogP contribution is -2.10. The predicted octanol–water partition coefficient (Wildman–Crippen LogP) is 2.88. The Balaban J connectivity index is 0.000000246. The fourth-order valence-corrected chi connectivity index (χ4v) is 1.79. The van der Waals surface area contributed by atoms with Crippen molar-refractivity contribution in [1.82, 2.24) is 0 Å². The van der Waals surface area contributed by atoms with E-state index in [1.165, 1.54) is 5.69 Å². The van der Waals surface area contributed by atoms with Crippen LogP contribution in [0.2, 0.25) is 0 Å². The Labute approximate surface area is 131 Å². The molecule has 0 saturated carbocycles. The third-order valence-electron chi connectivity index (χ3n) is 2.94. The Morgan fingerprint density at radius 2 is 1.64 bits per heavy atom. The molecule has 0 aliphatic carbocycles. The monoisotopic (exact) mass is 299 g/mol. The van der Waals surface area contributed by atoms with Crippen molar-refractivity contribution in [1.29, 1.82) is 0 Å². The molecule has 1 aliphatic heterocycles. The lowest BCUT2D eigenvalue weighted by molar-refractivity contribution is 0.342. The SMILES string of the molecule is CN(C)c1ccc(Oc2ccccc2)cc1.NC1=NCCO1. The van der Waals surface area contributed by atoms with Crippen LogP contribution in [0.1, 0.15) is 0 Å². The van der Waals surface area contributed by atoms with Crippen LogP contribution in [-0.2, 0) is 4.74 Å². The summed E-state index contributed by atoms with van der Waals surface area (Å²) in [5.41, 5.74) is 6.23. The van der Waals surface area contributed by atoms with Gasteiger partial charge >= 0.3 is 0 Å². The molecule has 0 unspecified atom stereocenters. The molecule has 3 rings (SSSR count). The van der Waals surface area contributed by atoms with Gasteiger partial charge in [0.2, 0.25) is 0 Å². The molecular formula is C17H21N3O2. The maximum Gasteiger partial charge on any atom is 0.282 e. The van der Waals surface area contributed by atoms with Crippen LogP contribution in [0.4, 0.5) is 5.69 Å². The molecule has 2 N–H and O–H groups in total. The summed E-state index contributed by atoms with van der Waals surface area (Å²) in [4.78, 5) is 5.77. The molecular weight excluding hydrogens is 278 g/mol. The second-order valence-corrected chi connectivity index (χ2v) is 4.87. The van der Waals surface area contributed by atoms with Crippen LogP contribution in [0.3, 0.4) is 0 Å². The van der Waals surface area contributed by atoms with Crippen LogP contribution in [0.5, 0.6) is 11.5 Å². The minimum atomic E-state index is 0.329. The van der Waals surface area contributed by atoms with Gasteiger partial charge in [-0.15, -0.1) is 0 Å². The van der Waals surface area contributed by atoms with Crippen molar-refractivity contribution in [2.75, 3.05) is 32.1 Å². The molecule has 0 saturated heterocycles. The third-order valence-corrected chi connectivity index (χ3v) is 2.94. The summed E-state index contributed by atoms with van der Waals surface area (Å²) in [5.74, 6) is 1.72. The van der Waals surface area contributed by atoms with E-state index in [9.17, 15) is 0 Å². The highest BCUT2D eigenvalue weighted by molar-refractivity contribution is 5.72. The van der Waals surface area contributed by atoms with Crippen molar-refractivity contribution in [3.05, 3.63) is 54.6 Å². The summed E-state index contributed by atoms with van der Waals surface area (Å²) < 4.78 is 10.4.